The lowest BCUT2D eigenvalue weighted by Crippen LogP contribution is -2.26. The molecular formula is C23H22N2O2S. The highest BCUT2D eigenvalue weighted by Crippen LogP contribution is 2.19. The third-order valence-corrected chi connectivity index (χ3v) is 5.01. The normalized spacial score (nSPS) is 10.3. The molecule has 5 heteroatoms. The molecule has 3 aromatic rings. The van der Waals surface area contributed by atoms with Crippen LogP contribution in [-0.4, -0.2) is 17.7 Å². The maximum atomic E-state index is 12.5. The van der Waals surface area contributed by atoms with Gasteiger partial charge in [-0.25, -0.2) is 0 Å². The fourth-order valence-corrected chi connectivity index (χ4v) is 3.39. The monoisotopic (exact) mass is 390 g/mol. The second-order valence-electron chi connectivity index (χ2n) is 6.22. The van der Waals surface area contributed by atoms with Crippen LogP contribution in [0.4, 0.5) is 10.5 Å². The smallest absolute Gasteiger partial charge is 0.283 e. The van der Waals surface area contributed by atoms with Crippen molar-refractivity contribution >= 4 is 28.6 Å². The van der Waals surface area contributed by atoms with E-state index in [0.717, 1.165) is 12.0 Å². The van der Waals surface area contributed by atoms with E-state index in [0.29, 0.717) is 23.5 Å². The highest BCUT2D eigenvalue weighted by Gasteiger charge is 2.13. The van der Waals surface area contributed by atoms with Crippen molar-refractivity contribution in [2.45, 2.75) is 12.2 Å². The van der Waals surface area contributed by atoms with Crippen LogP contribution in [0, 0.1) is 0 Å². The minimum Gasteiger partial charge on any atom is -0.352 e. The first kappa shape index (κ1) is 19.7. The molecule has 0 bridgehead atoms. The molecule has 0 saturated heterocycles. The van der Waals surface area contributed by atoms with E-state index in [2.05, 4.69) is 10.6 Å². The Morgan fingerprint density at radius 2 is 1.36 bits per heavy atom. The fraction of sp³-hybridized carbons (Fsp3) is 0.130. The summed E-state index contributed by atoms with van der Waals surface area (Å²) in [5, 5.41) is 5.57. The first-order valence-corrected chi connectivity index (χ1v) is 10.1. The van der Waals surface area contributed by atoms with Crippen molar-refractivity contribution in [3.63, 3.8) is 0 Å². The first-order valence-electron chi connectivity index (χ1n) is 9.11. The van der Waals surface area contributed by atoms with Gasteiger partial charge in [-0.1, -0.05) is 84.6 Å². The molecule has 0 aliphatic rings. The zero-order valence-electron chi connectivity index (χ0n) is 15.4. The molecule has 28 heavy (non-hydrogen) atoms. The van der Waals surface area contributed by atoms with Crippen molar-refractivity contribution in [2.24, 2.45) is 0 Å². The summed E-state index contributed by atoms with van der Waals surface area (Å²) in [6.07, 6.45) is 0.758. The number of hydrogen-bond donors (Lipinski definition) is 2. The summed E-state index contributed by atoms with van der Waals surface area (Å²) >= 11 is 1.18. The van der Waals surface area contributed by atoms with E-state index >= 15 is 0 Å². The minimum atomic E-state index is -0.195. The van der Waals surface area contributed by atoms with Crippen LogP contribution in [0.15, 0.2) is 84.9 Å². The van der Waals surface area contributed by atoms with E-state index in [1.807, 2.05) is 60.7 Å². The Hall–Kier alpha value is -3.05. The third kappa shape index (κ3) is 5.99. The number of carbonyl (C=O) groups is 2. The molecule has 0 spiro atoms. The molecule has 2 amide bonds. The van der Waals surface area contributed by atoms with E-state index in [1.165, 1.54) is 17.3 Å². The number of anilines is 1. The van der Waals surface area contributed by atoms with Gasteiger partial charge in [0, 0.05) is 12.3 Å². The highest BCUT2D eigenvalue weighted by atomic mass is 32.2. The quantitative estimate of drug-likeness (QED) is 0.588. The van der Waals surface area contributed by atoms with E-state index in [9.17, 15) is 9.59 Å². The molecule has 0 heterocycles. The predicted octanol–water partition coefficient (Wildman–Crippen LogP) is 5.12. The van der Waals surface area contributed by atoms with Crippen LogP contribution in [0.3, 0.4) is 0 Å². The average Bonchev–Trinajstić information content (AvgIpc) is 2.74. The summed E-state index contributed by atoms with van der Waals surface area (Å²) < 4.78 is 0. The van der Waals surface area contributed by atoms with Gasteiger partial charge >= 0.3 is 0 Å². The Bertz CT molecular complexity index is 914. The maximum Gasteiger partial charge on any atom is 0.283 e. The van der Waals surface area contributed by atoms with Gasteiger partial charge < -0.3 is 10.6 Å². The number of para-hydroxylation sites is 1. The van der Waals surface area contributed by atoms with Crippen molar-refractivity contribution in [3.05, 3.63) is 102 Å². The summed E-state index contributed by atoms with van der Waals surface area (Å²) in [6, 6.07) is 26.9. The van der Waals surface area contributed by atoms with Crippen LogP contribution in [0.1, 0.15) is 21.5 Å². The van der Waals surface area contributed by atoms with Gasteiger partial charge in [-0.05, 0) is 29.7 Å². The predicted molar refractivity (Wildman–Crippen MR) is 116 cm³/mol. The molecular weight excluding hydrogens is 368 g/mol. The number of nitrogens with one attached hydrogen (secondary N) is 2. The molecule has 0 unspecified atom stereocenters. The van der Waals surface area contributed by atoms with Crippen molar-refractivity contribution < 1.29 is 9.59 Å². The molecule has 4 nitrogen and oxygen atoms in total. The second kappa shape index (κ2) is 10.3. The van der Waals surface area contributed by atoms with E-state index in [1.54, 1.807) is 24.3 Å². The van der Waals surface area contributed by atoms with Gasteiger partial charge in [0.25, 0.3) is 11.1 Å². The Balaban J connectivity index is 1.54. The topological polar surface area (TPSA) is 58.2 Å². The maximum absolute atomic E-state index is 12.5. The first-order chi connectivity index (χ1) is 13.7. The summed E-state index contributed by atoms with van der Waals surface area (Å²) in [7, 11) is 0. The molecule has 0 aliphatic carbocycles. The minimum absolute atomic E-state index is 0.187. The van der Waals surface area contributed by atoms with Crippen molar-refractivity contribution in [1.82, 2.24) is 5.32 Å². The summed E-state index contributed by atoms with van der Waals surface area (Å²) in [5.74, 6) is 0.387. The summed E-state index contributed by atoms with van der Waals surface area (Å²) in [6.45, 7) is 0.536. The lowest BCUT2D eigenvalue weighted by atomic mass is 10.1. The molecule has 3 rings (SSSR count). The molecule has 0 saturated carbocycles. The molecule has 0 radical (unpaired) electrons. The average molecular weight is 391 g/mol. The van der Waals surface area contributed by atoms with Crippen molar-refractivity contribution in [1.29, 1.82) is 0 Å². The highest BCUT2D eigenvalue weighted by molar-refractivity contribution is 8.13. The van der Waals surface area contributed by atoms with Gasteiger partial charge in [0.05, 0.1) is 11.3 Å². The molecule has 142 valence electrons. The van der Waals surface area contributed by atoms with Gasteiger partial charge in [-0.2, -0.15) is 0 Å². The van der Waals surface area contributed by atoms with Crippen molar-refractivity contribution in [2.75, 3.05) is 11.9 Å². The molecule has 0 aliphatic heterocycles. The largest absolute Gasteiger partial charge is 0.352 e. The number of thioether (sulfide) groups is 1. The molecule has 2 N–H and O–H groups in total. The van der Waals surface area contributed by atoms with Gasteiger partial charge in [0.15, 0.2) is 0 Å². The molecule has 0 aromatic heterocycles. The molecule has 0 atom stereocenters. The van der Waals surface area contributed by atoms with Crippen LogP contribution >= 0.6 is 11.8 Å². The lowest BCUT2D eigenvalue weighted by Gasteiger charge is -2.11. The zero-order chi connectivity index (χ0) is 19.6. The fourth-order valence-electron chi connectivity index (χ4n) is 2.72. The van der Waals surface area contributed by atoms with Crippen LogP contribution in [0.5, 0.6) is 0 Å². The Morgan fingerprint density at radius 1 is 0.750 bits per heavy atom. The Labute approximate surface area is 169 Å². The van der Waals surface area contributed by atoms with Crippen molar-refractivity contribution in [3.8, 4) is 0 Å². The Morgan fingerprint density at radius 3 is 2.07 bits per heavy atom. The summed E-state index contributed by atoms with van der Waals surface area (Å²) in [5.41, 5.74) is 3.23. The van der Waals surface area contributed by atoms with Gasteiger partial charge in [-0.15, -0.1) is 0 Å². The zero-order valence-corrected chi connectivity index (χ0v) is 16.2. The SMILES string of the molecule is O=C(Nc1ccccc1C(=O)NCCc1ccccc1)SCc1ccccc1. The van der Waals surface area contributed by atoms with Crippen LogP contribution in [-0.2, 0) is 12.2 Å². The molecule has 3 aromatic carbocycles. The second-order valence-corrected chi connectivity index (χ2v) is 7.17. The molecule has 0 fully saturated rings. The number of amides is 2. The number of hydrogen-bond acceptors (Lipinski definition) is 3. The van der Waals surface area contributed by atoms with Crippen LogP contribution in [0.2, 0.25) is 0 Å². The van der Waals surface area contributed by atoms with Crippen LogP contribution < -0.4 is 10.6 Å². The van der Waals surface area contributed by atoms with Gasteiger partial charge in [0.1, 0.15) is 0 Å². The van der Waals surface area contributed by atoms with E-state index in [-0.39, 0.29) is 11.1 Å². The number of benzene rings is 3. The lowest BCUT2D eigenvalue weighted by molar-refractivity contribution is 0.0955. The van der Waals surface area contributed by atoms with E-state index < -0.39 is 0 Å². The summed E-state index contributed by atoms with van der Waals surface area (Å²) in [4.78, 5) is 24.8. The standard InChI is InChI=1S/C23H22N2O2S/c26-22(24-16-15-18-9-3-1-4-10-18)20-13-7-8-14-21(20)25-23(27)28-17-19-11-5-2-6-12-19/h1-14H,15-17H2,(H,24,26)(H,25,27). The Kier molecular flexibility index (Phi) is 7.27. The van der Waals surface area contributed by atoms with Gasteiger partial charge in [-0.3, -0.25) is 9.59 Å². The number of carbonyl (C=O) groups excluding carboxylic acids is 2. The van der Waals surface area contributed by atoms with E-state index in [4.69, 9.17) is 0 Å². The number of rotatable bonds is 7. The third-order valence-electron chi connectivity index (χ3n) is 4.16. The van der Waals surface area contributed by atoms with Crippen LogP contribution in [0.25, 0.3) is 0 Å². The van der Waals surface area contributed by atoms with Gasteiger partial charge in [0.2, 0.25) is 0 Å².